The summed E-state index contributed by atoms with van der Waals surface area (Å²) < 4.78 is 1.74. The van der Waals surface area contributed by atoms with Gasteiger partial charge in [-0.2, -0.15) is 5.10 Å². The third kappa shape index (κ3) is 4.12. The SMILES string of the molecule is Cc1nn(C)c(C)c1C(=O)NCC(Nc1ccccc1)C(C)C. The maximum absolute atomic E-state index is 12.5. The summed E-state index contributed by atoms with van der Waals surface area (Å²) in [5, 5.41) is 10.8. The van der Waals surface area contributed by atoms with Crippen molar-refractivity contribution in [2.24, 2.45) is 13.0 Å². The van der Waals surface area contributed by atoms with Crippen molar-refractivity contribution in [3.05, 3.63) is 47.3 Å². The van der Waals surface area contributed by atoms with Crippen molar-refractivity contribution in [3.8, 4) is 0 Å². The van der Waals surface area contributed by atoms with E-state index in [1.165, 1.54) is 0 Å². The van der Waals surface area contributed by atoms with Crippen LogP contribution < -0.4 is 10.6 Å². The molecule has 2 aromatic rings. The molecular weight excluding hydrogens is 288 g/mol. The quantitative estimate of drug-likeness (QED) is 0.862. The molecule has 0 radical (unpaired) electrons. The topological polar surface area (TPSA) is 59.0 Å². The fourth-order valence-corrected chi connectivity index (χ4v) is 2.60. The Balaban J connectivity index is 2.02. The maximum Gasteiger partial charge on any atom is 0.255 e. The van der Waals surface area contributed by atoms with Gasteiger partial charge in [0.2, 0.25) is 0 Å². The first-order chi connectivity index (χ1) is 10.9. The van der Waals surface area contributed by atoms with Crippen LogP contribution in [0, 0.1) is 19.8 Å². The summed E-state index contributed by atoms with van der Waals surface area (Å²) in [6.45, 7) is 8.64. The zero-order valence-electron chi connectivity index (χ0n) is 14.6. The number of hydrogen-bond donors (Lipinski definition) is 2. The number of nitrogens with one attached hydrogen (secondary N) is 2. The first kappa shape index (κ1) is 17.1. The third-order valence-electron chi connectivity index (χ3n) is 4.15. The van der Waals surface area contributed by atoms with Gasteiger partial charge in [-0.1, -0.05) is 32.0 Å². The van der Waals surface area contributed by atoms with E-state index in [2.05, 4.69) is 29.6 Å². The number of benzene rings is 1. The fourth-order valence-electron chi connectivity index (χ4n) is 2.60. The van der Waals surface area contributed by atoms with Gasteiger partial charge < -0.3 is 10.6 Å². The Bertz CT molecular complexity index is 661. The number of nitrogens with zero attached hydrogens (tertiary/aromatic N) is 2. The molecule has 1 unspecified atom stereocenters. The van der Waals surface area contributed by atoms with Crippen LogP contribution in [0.1, 0.15) is 35.6 Å². The van der Waals surface area contributed by atoms with E-state index in [9.17, 15) is 4.79 Å². The van der Waals surface area contributed by atoms with Crippen molar-refractivity contribution in [1.29, 1.82) is 0 Å². The Hall–Kier alpha value is -2.30. The molecule has 0 aliphatic rings. The molecule has 1 amide bonds. The number of para-hydroxylation sites is 1. The summed E-state index contributed by atoms with van der Waals surface area (Å²) in [4.78, 5) is 12.5. The van der Waals surface area contributed by atoms with Crippen LogP contribution in [-0.4, -0.2) is 28.3 Å². The monoisotopic (exact) mass is 314 g/mol. The predicted molar refractivity (Wildman–Crippen MR) is 93.7 cm³/mol. The molecule has 2 rings (SSSR count). The van der Waals surface area contributed by atoms with E-state index in [1.54, 1.807) is 4.68 Å². The molecule has 0 bridgehead atoms. The summed E-state index contributed by atoms with van der Waals surface area (Å²) in [5.41, 5.74) is 3.39. The second kappa shape index (κ2) is 7.31. The minimum Gasteiger partial charge on any atom is -0.380 e. The van der Waals surface area contributed by atoms with E-state index >= 15 is 0 Å². The van der Waals surface area contributed by atoms with E-state index in [4.69, 9.17) is 0 Å². The van der Waals surface area contributed by atoms with Crippen molar-refractivity contribution in [2.75, 3.05) is 11.9 Å². The van der Waals surface area contributed by atoms with Gasteiger partial charge in [0, 0.05) is 31.0 Å². The van der Waals surface area contributed by atoms with Crippen molar-refractivity contribution < 1.29 is 4.79 Å². The van der Waals surface area contributed by atoms with Crippen molar-refractivity contribution >= 4 is 11.6 Å². The van der Waals surface area contributed by atoms with Gasteiger partial charge in [-0.3, -0.25) is 9.48 Å². The number of anilines is 1. The van der Waals surface area contributed by atoms with Gasteiger partial charge in [0.15, 0.2) is 0 Å². The number of rotatable bonds is 6. The van der Waals surface area contributed by atoms with Crippen LogP contribution in [0.4, 0.5) is 5.69 Å². The number of carbonyl (C=O) groups is 1. The molecule has 2 N–H and O–H groups in total. The highest BCUT2D eigenvalue weighted by Crippen LogP contribution is 2.14. The van der Waals surface area contributed by atoms with Crippen molar-refractivity contribution in [3.63, 3.8) is 0 Å². The molecule has 23 heavy (non-hydrogen) atoms. The van der Waals surface area contributed by atoms with E-state index in [-0.39, 0.29) is 11.9 Å². The molecular formula is C18H26N4O. The third-order valence-corrected chi connectivity index (χ3v) is 4.15. The van der Waals surface area contributed by atoms with E-state index in [1.807, 2.05) is 51.2 Å². The van der Waals surface area contributed by atoms with Crippen LogP contribution in [0.5, 0.6) is 0 Å². The van der Waals surface area contributed by atoms with Gasteiger partial charge in [0.25, 0.3) is 5.91 Å². The number of hydrogen-bond acceptors (Lipinski definition) is 3. The van der Waals surface area contributed by atoms with E-state index in [0.29, 0.717) is 18.0 Å². The standard InChI is InChI=1S/C18H26N4O/c1-12(2)16(20-15-9-7-6-8-10-15)11-19-18(23)17-13(3)21-22(5)14(17)4/h6-10,12,16,20H,11H2,1-5H3,(H,19,23). The molecule has 124 valence electrons. The molecule has 1 aromatic heterocycles. The highest BCUT2D eigenvalue weighted by atomic mass is 16.1. The molecule has 1 aromatic carbocycles. The highest BCUT2D eigenvalue weighted by Gasteiger charge is 2.19. The lowest BCUT2D eigenvalue weighted by atomic mass is 10.0. The van der Waals surface area contributed by atoms with E-state index in [0.717, 1.165) is 17.1 Å². The highest BCUT2D eigenvalue weighted by molar-refractivity contribution is 5.96. The maximum atomic E-state index is 12.5. The van der Waals surface area contributed by atoms with Crippen LogP contribution in [0.2, 0.25) is 0 Å². The van der Waals surface area contributed by atoms with Crippen molar-refractivity contribution in [2.45, 2.75) is 33.7 Å². The number of aryl methyl sites for hydroxylation is 2. The summed E-state index contributed by atoms with van der Waals surface area (Å²) in [7, 11) is 1.85. The summed E-state index contributed by atoms with van der Waals surface area (Å²) in [6.07, 6.45) is 0. The molecule has 0 aliphatic carbocycles. The Labute approximate surface area is 138 Å². The van der Waals surface area contributed by atoms with Crippen LogP contribution >= 0.6 is 0 Å². The smallest absolute Gasteiger partial charge is 0.255 e. The first-order valence-corrected chi connectivity index (χ1v) is 8.00. The molecule has 1 atom stereocenters. The fraction of sp³-hybridized carbons (Fsp3) is 0.444. The Morgan fingerprint density at radius 1 is 1.22 bits per heavy atom. The minimum atomic E-state index is -0.0615. The summed E-state index contributed by atoms with van der Waals surface area (Å²) in [5.74, 6) is 0.334. The molecule has 5 nitrogen and oxygen atoms in total. The van der Waals surface area contributed by atoms with Gasteiger partial charge in [0.05, 0.1) is 11.3 Å². The van der Waals surface area contributed by atoms with Crippen LogP contribution in [0.15, 0.2) is 30.3 Å². The average Bonchev–Trinajstić information content (AvgIpc) is 2.77. The average molecular weight is 314 g/mol. The van der Waals surface area contributed by atoms with Crippen LogP contribution in [0.3, 0.4) is 0 Å². The number of carbonyl (C=O) groups excluding carboxylic acids is 1. The van der Waals surface area contributed by atoms with Gasteiger partial charge in [-0.25, -0.2) is 0 Å². The molecule has 0 spiro atoms. The lowest BCUT2D eigenvalue weighted by molar-refractivity contribution is 0.0949. The Morgan fingerprint density at radius 2 is 1.87 bits per heavy atom. The lowest BCUT2D eigenvalue weighted by Gasteiger charge is -2.24. The van der Waals surface area contributed by atoms with Gasteiger partial charge >= 0.3 is 0 Å². The number of aromatic nitrogens is 2. The molecule has 1 heterocycles. The Kier molecular flexibility index (Phi) is 5.42. The first-order valence-electron chi connectivity index (χ1n) is 8.00. The normalized spacial score (nSPS) is 12.3. The van der Waals surface area contributed by atoms with Gasteiger partial charge in [-0.05, 0) is 31.9 Å². The second-order valence-electron chi connectivity index (χ2n) is 6.24. The van der Waals surface area contributed by atoms with Crippen LogP contribution in [0.25, 0.3) is 0 Å². The predicted octanol–water partition coefficient (Wildman–Crippen LogP) is 2.90. The zero-order valence-corrected chi connectivity index (χ0v) is 14.6. The summed E-state index contributed by atoms with van der Waals surface area (Å²) in [6, 6.07) is 10.2. The molecule has 0 saturated carbocycles. The lowest BCUT2D eigenvalue weighted by Crippen LogP contribution is -2.39. The zero-order chi connectivity index (χ0) is 17.0. The molecule has 5 heteroatoms. The van der Waals surface area contributed by atoms with Crippen molar-refractivity contribution in [1.82, 2.24) is 15.1 Å². The minimum absolute atomic E-state index is 0.0615. The van der Waals surface area contributed by atoms with Crippen LogP contribution in [-0.2, 0) is 7.05 Å². The number of amides is 1. The molecule has 0 fully saturated rings. The van der Waals surface area contributed by atoms with Gasteiger partial charge in [-0.15, -0.1) is 0 Å². The summed E-state index contributed by atoms with van der Waals surface area (Å²) >= 11 is 0. The largest absolute Gasteiger partial charge is 0.380 e. The van der Waals surface area contributed by atoms with Gasteiger partial charge in [0.1, 0.15) is 0 Å². The molecule has 0 aliphatic heterocycles. The molecule has 0 saturated heterocycles. The van der Waals surface area contributed by atoms with E-state index < -0.39 is 0 Å². The second-order valence-corrected chi connectivity index (χ2v) is 6.24. The Morgan fingerprint density at radius 3 is 2.39 bits per heavy atom.